The third kappa shape index (κ3) is 5.06. The highest BCUT2D eigenvalue weighted by Gasteiger charge is 2.22. The number of aromatic nitrogens is 3. The molecule has 0 saturated carbocycles. The standard InChI is InChI=1S/C55H31N3OS/c1-2-10-33(11-3-1)44-27-24-35-22-23-36-25-28-45(57-54(36)53(35)56-44)34-20-18-32(19-21-34)41-31-43-50(51-40-14-5-8-16-47(40)59-55(41)51)39-13-4-7-15-46(39)58-52(43)37-26-29-49-42(30-37)38-12-6-9-17-48(38)60-49/h1-31H. The molecule has 0 unspecified atom stereocenters. The Bertz CT molecular complexity index is 3890. The van der Waals surface area contributed by atoms with Gasteiger partial charge in [-0.1, -0.05) is 140 Å². The summed E-state index contributed by atoms with van der Waals surface area (Å²) in [6.45, 7) is 0. The summed E-state index contributed by atoms with van der Waals surface area (Å²) in [7, 11) is 0. The summed E-state index contributed by atoms with van der Waals surface area (Å²) >= 11 is 1.84. The van der Waals surface area contributed by atoms with E-state index >= 15 is 0 Å². The van der Waals surface area contributed by atoms with Gasteiger partial charge in [0.15, 0.2) is 0 Å². The molecule has 4 nitrogen and oxygen atoms in total. The van der Waals surface area contributed by atoms with E-state index in [9.17, 15) is 0 Å². The molecule has 5 heterocycles. The molecule has 0 amide bonds. The van der Waals surface area contributed by atoms with E-state index in [1.165, 1.54) is 20.2 Å². The minimum absolute atomic E-state index is 0.864. The van der Waals surface area contributed by atoms with Crippen LogP contribution in [0, 0.1) is 0 Å². The molecule has 8 aromatic carbocycles. The topological polar surface area (TPSA) is 51.8 Å². The van der Waals surface area contributed by atoms with Gasteiger partial charge in [0.2, 0.25) is 0 Å². The molecular weight excluding hydrogens is 751 g/mol. The first-order valence-corrected chi connectivity index (χ1v) is 21.0. The van der Waals surface area contributed by atoms with Crippen LogP contribution in [-0.2, 0) is 0 Å². The zero-order chi connectivity index (χ0) is 39.3. The predicted molar refractivity (Wildman–Crippen MR) is 252 cm³/mol. The first-order chi connectivity index (χ1) is 29.7. The van der Waals surface area contributed by atoms with Gasteiger partial charge in [-0.3, -0.25) is 0 Å². The van der Waals surface area contributed by atoms with Gasteiger partial charge in [0.25, 0.3) is 0 Å². The molecule has 0 fully saturated rings. The maximum atomic E-state index is 6.84. The van der Waals surface area contributed by atoms with Crippen LogP contribution >= 0.6 is 11.3 Å². The van der Waals surface area contributed by atoms with Gasteiger partial charge in [-0.2, -0.15) is 0 Å². The summed E-state index contributed by atoms with van der Waals surface area (Å²) in [5.74, 6) is 0. The Kier molecular flexibility index (Phi) is 7.14. The van der Waals surface area contributed by atoms with Crippen molar-refractivity contribution in [3.8, 4) is 44.9 Å². The van der Waals surface area contributed by atoms with E-state index in [0.717, 1.165) is 110 Å². The molecule has 278 valence electrons. The quantitative estimate of drug-likeness (QED) is 0.167. The number of fused-ring (bicyclic) bond motifs is 13. The molecule has 0 atom stereocenters. The van der Waals surface area contributed by atoms with Crippen molar-refractivity contribution in [3.63, 3.8) is 0 Å². The number of para-hydroxylation sites is 2. The third-order valence-corrected chi connectivity index (χ3v) is 13.2. The number of furan rings is 1. The predicted octanol–water partition coefficient (Wildman–Crippen LogP) is 15.4. The van der Waals surface area contributed by atoms with Gasteiger partial charge in [0.1, 0.15) is 11.2 Å². The number of rotatable bonds is 4. The fraction of sp³-hybridized carbons (Fsp3) is 0. The molecule has 5 aromatic heterocycles. The van der Waals surface area contributed by atoms with Crippen LogP contribution in [0.4, 0.5) is 0 Å². The summed E-state index contributed by atoms with van der Waals surface area (Å²) in [5, 5.41) is 10.2. The second-order valence-electron chi connectivity index (χ2n) is 15.5. The zero-order valence-electron chi connectivity index (χ0n) is 32.1. The minimum atomic E-state index is 0.864. The van der Waals surface area contributed by atoms with Crippen molar-refractivity contribution < 1.29 is 4.42 Å². The lowest BCUT2D eigenvalue weighted by atomic mass is 9.91. The molecular formula is C55H31N3OS. The summed E-state index contributed by atoms with van der Waals surface area (Å²) in [4.78, 5) is 15.8. The molecule has 0 aliphatic rings. The lowest BCUT2D eigenvalue weighted by molar-refractivity contribution is 0.670. The highest BCUT2D eigenvalue weighted by molar-refractivity contribution is 7.25. The third-order valence-electron chi connectivity index (χ3n) is 12.0. The number of benzene rings is 8. The van der Waals surface area contributed by atoms with Gasteiger partial charge in [-0.05, 0) is 54.1 Å². The fourth-order valence-corrected chi connectivity index (χ4v) is 10.2. The van der Waals surface area contributed by atoms with Crippen molar-refractivity contribution in [2.24, 2.45) is 0 Å². The van der Waals surface area contributed by atoms with E-state index in [2.05, 4.69) is 164 Å². The van der Waals surface area contributed by atoms with Crippen molar-refractivity contribution in [2.75, 3.05) is 0 Å². The monoisotopic (exact) mass is 781 g/mol. The van der Waals surface area contributed by atoms with Gasteiger partial charge in [0, 0.05) is 80.1 Å². The van der Waals surface area contributed by atoms with Crippen LogP contribution in [0.15, 0.2) is 192 Å². The number of pyridine rings is 3. The molecule has 0 radical (unpaired) electrons. The number of hydrogen-bond donors (Lipinski definition) is 0. The van der Waals surface area contributed by atoms with Gasteiger partial charge in [0.05, 0.1) is 33.6 Å². The van der Waals surface area contributed by atoms with Crippen LogP contribution < -0.4 is 0 Å². The van der Waals surface area contributed by atoms with E-state index < -0.39 is 0 Å². The molecule has 60 heavy (non-hydrogen) atoms. The molecule has 0 bridgehead atoms. The Labute approximate surface area is 347 Å². The number of nitrogens with zero attached hydrogens (tertiary/aromatic N) is 3. The van der Waals surface area contributed by atoms with Crippen LogP contribution in [0.1, 0.15) is 0 Å². The molecule has 13 aromatic rings. The maximum absolute atomic E-state index is 6.84. The van der Waals surface area contributed by atoms with Gasteiger partial charge in [-0.15, -0.1) is 11.3 Å². The van der Waals surface area contributed by atoms with Crippen LogP contribution in [0.2, 0.25) is 0 Å². The van der Waals surface area contributed by atoms with Crippen molar-refractivity contribution in [2.45, 2.75) is 0 Å². The van der Waals surface area contributed by atoms with Crippen LogP contribution in [0.5, 0.6) is 0 Å². The molecule has 0 aliphatic heterocycles. The van der Waals surface area contributed by atoms with Crippen LogP contribution in [-0.4, -0.2) is 15.0 Å². The Hall–Kier alpha value is -7.73. The Morgan fingerprint density at radius 3 is 1.77 bits per heavy atom. The van der Waals surface area contributed by atoms with Gasteiger partial charge in [-0.25, -0.2) is 15.0 Å². The van der Waals surface area contributed by atoms with Crippen molar-refractivity contribution >= 4 is 96.9 Å². The summed E-state index contributed by atoms with van der Waals surface area (Å²) in [6.07, 6.45) is 0. The SMILES string of the molecule is c1ccc(-c2ccc3ccc4ccc(-c5ccc(-c6cc7c(-c8ccc9sc%10ccccc%10c9c8)nc8ccccc8c7c7c6oc6ccccc67)cc5)nc4c3n2)cc1. The smallest absolute Gasteiger partial charge is 0.143 e. The van der Waals surface area contributed by atoms with Gasteiger partial charge < -0.3 is 4.42 Å². The Morgan fingerprint density at radius 2 is 0.983 bits per heavy atom. The highest BCUT2D eigenvalue weighted by atomic mass is 32.1. The van der Waals surface area contributed by atoms with Crippen molar-refractivity contribution in [1.82, 2.24) is 15.0 Å². The average molecular weight is 782 g/mol. The second-order valence-corrected chi connectivity index (χ2v) is 16.6. The highest BCUT2D eigenvalue weighted by Crippen LogP contribution is 2.46. The lowest BCUT2D eigenvalue weighted by Gasteiger charge is -2.14. The lowest BCUT2D eigenvalue weighted by Crippen LogP contribution is -1.92. The van der Waals surface area contributed by atoms with Crippen molar-refractivity contribution in [3.05, 3.63) is 188 Å². The maximum Gasteiger partial charge on any atom is 0.143 e. The zero-order valence-corrected chi connectivity index (χ0v) is 32.9. The molecule has 5 heteroatoms. The van der Waals surface area contributed by atoms with Crippen molar-refractivity contribution in [1.29, 1.82) is 0 Å². The van der Waals surface area contributed by atoms with Crippen LogP contribution in [0.25, 0.3) is 130 Å². The average Bonchev–Trinajstić information content (AvgIpc) is 3.90. The largest absolute Gasteiger partial charge is 0.455 e. The van der Waals surface area contributed by atoms with E-state index in [0.29, 0.717) is 0 Å². The van der Waals surface area contributed by atoms with E-state index in [-0.39, 0.29) is 0 Å². The first kappa shape index (κ1) is 33.3. The normalized spacial score (nSPS) is 12.0. The number of hydrogen-bond acceptors (Lipinski definition) is 5. The minimum Gasteiger partial charge on any atom is -0.455 e. The number of thiophene rings is 1. The molecule has 0 N–H and O–H groups in total. The molecule has 0 spiro atoms. The summed E-state index contributed by atoms with van der Waals surface area (Å²) in [5.41, 5.74) is 12.6. The Balaban J connectivity index is 1.01. The molecule has 0 aliphatic carbocycles. The van der Waals surface area contributed by atoms with E-state index in [4.69, 9.17) is 19.4 Å². The van der Waals surface area contributed by atoms with E-state index in [1.54, 1.807) is 0 Å². The van der Waals surface area contributed by atoms with Crippen LogP contribution in [0.3, 0.4) is 0 Å². The van der Waals surface area contributed by atoms with E-state index in [1.807, 2.05) is 35.6 Å². The first-order valence-electron chi connectivity index (χ1n) is 20.2. The molecule has 13 rings (SSSR count). The molecule has 0 saturated heterocycles. The summed E-state index contributed by atoms with van der Waals surface area (Å²) < 4.78 is 9.41. The second kappa shape index (κ2) is 12.9. The summed E-state index contributed by atoms with van der Waals surface area (Å²) in [6, 6.07) is 66.5. The Morgan fingerprint density at radius 1 is 0.383 bits per heavy atom. The fourth-order valence-electron chi connectivity index (χ4n) is 9.16. The van der Waals surface area contributed by atoms with Gasteiger partial charge >= 0.3 is 0 Å².